The Morgan fingerprint density at radius 2 is 1.35 bits per heavy atom. The van der Waals surface area contributed by atoms with Crippen LogP contribution in [0.1, 0.15) is 37.4 Å². The number of hydrogen-bond donors (Lipinski definition) is 2. The maximum Gasteiger partial charge on any atom is 0.198 e. The molecule has 0 fully saturated rings. The molecule has 0 saturated heterocycles. The van der Waals surface area contributed by atoms with Crippen LogP contribution in [0.5, 0.6) is 5.75 Å². The van der Waals surface area contributed by atoms with Crippen LogP contribution in [-0.4, -0.2) is 16.7 Å². The lowest BCUT2D eigenvalue weighted by Crippen LogP contribution is -2.22. The maximum absolute atomic E-state index is 13.0. The smallest absolute Gasteiger partial charge is 0.198 e. The molecule has 3 N–H and O–H groups in total. The number of anilines is 1. The Bertz CT molecular complexity index is 1110. The highest BCUT2D eigenvalue weighted by Gasteiger charge is 2.34. The van der Waals surface area contributed by atoms with Crippen molar-refractivity contribution in [1.29, 1.82) is 0 Å². The van der Waals surface area contributed by atoms with E-state index in [2.05, 4.69) is 6.58 Å². The van der Waals surface area contributed by atoms with Crippen LogP contribution in [0, 0.1) is 0 Å². The molecule has 0 aromatic heterocycles. The molecule has 0 aliphatic heterocycles. The Morgan fingerprint density at radius 3 is 1.96 bits per heavy atom. The summed E-state index contributed by atoms with van der Waals surface area (Å²) in [5.74, 6) is -1.01. The van der Waals surface area contributed by atoms with E-state index >= 15 is 0 Å². The maximum atomic E-state index is 13.0. The number of rotatable bonds is 2. The van der Waals surface area contributed by atoms with E-state index in [-0.39, 0.29) is 33.9 Å². The Balaban J connectivity index is 2.05. The largest absolute Gasteiger partial charge is 0.507 e. The van der Waals surface area contributed by atoms with Gasteiger partial charge >= 0.3 is 0 Å². The molecule has 0 amide bonds. The summed E-state index contributed by atoms with van der Waals surface area (Å²) >= 11 is 0. The van der Waals surface area contributed by atoms with Crippen LogP contribution in [0.4, 0.5) is 5.69 Å². The zero-order chi connectivity index (χ0) is 18.4. The Kier molecular flexibility index (Phi) is 3.48. The summed E-state index contributed by atoms with van der Waals surface area (Å²) < 4.78 is 0. The molecule has 1 aliphatic carbocycles. The lowest BCUT2D eigenvalue weighted by molar-refractivity contribution is 0.0977. The molecule has 0 unspecified atom stereocenters. The predicted octanol–water partition coefficient (Wildman–Crippen LogP) is 4.06. The molecule has 0 saturated carbocycles. The number of aromatic hydroxyl groups is 1. The lowest BCUT2D eigenvalue weighted by atomic mass is 9.80. The molecule has 3 aromatic rings. The number of phenolic OH excluding ortho intramolecular Hbond substituents is 1. The fraction of sp³-hybridized carbons (Fsp3) is 0. The number of nitrogen functional groups attached to an aromatic ring is 1. The molecule has 4 nitrogen and oxygen atoms in total. The minimum Gasteiger partial charge on any atom is -0.507 e. The minimum atomic E-state index is -0.400. The molecule has 0 radical (unpaired) electrons. The topological polar surface area (TPSA) is 80.4 Å². The highest BCUT2D eigenvalue weighted by Crippen LogP contribution is 2.42. The van der Waals surface area contributed by atoms with E-state index in [4.69, 9.17) is 5.73 Å². The quantitative estimate of drug-likeness (QED) is 0.426. The van der Waals surface area contributed by atoms with Crippen molar-refractivity contribution in [2.45, 2.75) is 0 Å². The van der Waals surface area contributed by atoms with Crippen molar-refractivity contribution in [3.05, 3.63) is 89.0 Å². The number of phenols is 1. The predicted molar refractivity (Wildman–Crippen MR) is 101 cm³/mol. The number of carbonyl (C=O) groups is 2. The third-order valence-electron chi connectivity index (χ3n) is 4.69. The van der Waals surface area contributed by atoms with Crippen molar-refractivity contribution < 1.29 is 14.7 Å². The third-order valence-corrected chi connectivity index (χ3v) is 4.69. The summed E-state index contributed by atoms with van der Waals surface area (Å²) in [5.41, 5.74) is 9.14. The summed E-state index contributed by atoms with van der Waals surface area (Å²) in [6.07, 6.45) is 1.67. The van der Waals surface area contributed by atoms with E-state index in [1.165, 1.54) is 6.07 Å². The van der Waals surface area contributed by atoms with Crippen molar-refractivity contribution in [3.63, 3.8) is 0 Å². The van der Waals surface area contributed by atoms with E-state index in [1.54, 1.807) is 30.3 Å². The number of carbonyl (C=O) groups excluding carboxylic acids is 2. The first-order valence-corrected chi connectivity index (χ1v) is 8.10. The van der Waals surface area contributed by atoms with Crippen LogP contribution in [0.2, 0.25) is 0 Å². The standard InChI is InChI=1S/C22H15NO3/c1-2-12-7-3-4-8-13(12)16-11-17(24)18-19(20(16)23)22(26)15-10-6-5-9-14(15)21(18)25/h2-11,24H,1,23H2. The fourth-order valence-corrected chi connectivity index (χ4v) is 3.44. The zero-order valence-electron chi connectivity index (χ0n) is 13.8. The second-order valence-corrected chi connectivity index (χ2v) is 6.10. The molecule has 0 spiro atoms. The zero-order valence-corrected chi connectivity index (χ0v) is 13.8. The van der Waals surface area contributed by atoms with Crippen molar-refractivity contribution in [2.75, 3.05) is 5.73 Å². The van der Waals surface area contributed by atoms with Gasteiger partial charge in [-0.15, -0.1) is 0 Å². The van der Waals surface area contributed by atoms with Crippen LogP contribution in [0.3, 0.4) is 0 Å². The molecular weight excluding hydrogens is 326 g/mol. The van der Waals surface area contributed by atoms with Crippen molar-refractivity contribution >= 4 is 23.3 Å². The van der Waals surface area contributed by atoms with E-state index in [0.717, 1.165) is 11.1 Å². The highest BCUT2D eigenvalue weighted by molar-refractivity contribution is 6.31. The summed E-state index contributed by atoms with van der Waals surface area (Å²) in [4.78, 5) is 25.8. The molecule has 0 bridgehead atoms. The Labute approximate surface area is 150 Å². The molecular formula is C22H15NO3. The first kappa shape index (κ1) is 15.8. The van der Waals surface area contributed by atoms with Gasteiger partial charge < -0.3 is 10.8 Å². The van der Waals surface area contributed by atoms with Crippen LogP contribution < -0.4 is 5.73 Å². The molecule has 126 valence electrons. The minimum absolute atomic E-state index is 0.0361. The summed E-state index contributed by atoms with van der Waals surface area (Å²) in [7, 11) is 0. The average Bonchev–Trinajstić information content (AvgIpc) is 2.67. The van der Waals surface area contributed by atoms with Gasteiger partial charge in [0.2, 0.25) is 0 Å². The van der Waals surface area contributed by atoms with Gasteiger partial charge in [-0.1, -0.05) is 61.2 Å². The first-order valence-electron chi connectivity index (χ1n) is 8.10. The van der Waals surface area contributed by atoms with Crippen molar-refractivity contribution in [1.82, 2.24) is 0 Å². The number of ketones is 2. The van der Waals surface area contributed by atoms with Gasteiger partial charge in [-0.25, -0.2) is 0 Å². The number of fused-ring (bicyclic) bond motifs is 2. The Morgan fingerprint density at radius 1 is 0.808 bits per heavy atom. The SMILES string of the molecule is C=Cc1ccccc1-c1cc(O)c2c(c1N)C(=O)c1ccccc1C2=O. The van der Waals surface area contributed by atoms with Gasteiger partial charge in [-0.3, -0.25) is 9.59 Å². The van der Waals surface area contributed by atoms with Gasteiger partial charge in [0.15, 0.2) is 11.6 Å². The number of benzene rings is 3. The first-order chi connectivity index (χ1) is 12.5. The van der Waals surface area contributed by atoms with Gasteiger partial charge in [-0.05, 0) is 17.2 Å². The van der Waals surface area contributed by atoms with E-state index in [9.17, 15) is 14.7 Å². The van der Waals surface area contributed by atoms with Gasteiger partial charge in [0, 0.05) is 16.7 Å². The van der Waals surface area contributed by atoms with Gasteiger partial charge in [0.25, 0.3) is 0 Å². The fourth-order valence-electron chi connectivity index (χ4n) is 3.44. The van der Waals surface area contributed by atoms with Crippen LogP contribution >= 0.6 is 0 Å². The summed E-state index contributed by atoms with van der Waals surface area (Å²) in [5, 5.41) is 10.5. The van der Waals surface area contributed by atoms with E-state index in [1.807, 2.05) is 24.3 Å². The van der Waals surface area contributed by atoms with Crippen LogP contribution in [-0.2, 0) is 0 Å². The van der Waals surface area contributed by atoms with E-state index in [0.29, 0.717) is 11.1 Å². The Hall–Kier alpha value is -3.66. The summed E-state index contributed by atoms with van der Waals surface area (Å²) in [6.45, 7) is 3.79. The molecule has 26 heavy (non-hydrogen) atoms. The van der Waals surface area contributed by atoms with Crippen molar-refractivity contribution in [3.8, 4) is 16.9 Å². The average molecular weight is 341 g/mol. The molecule has 4 heteroatoms. The molecule has 0 atom stereocenters. The molecule has 0 heterocycles. The number of nitrogens with two attached hydrogens (primary N) is 1. The summed E-state index contributed by atoms with van der Waals surface area (Å²) in [6, 6.07) is 15.4. The lowest BCUT2D eigenvalue weighted by Gasteiger charge is -2.22. The van der Waals surface area contributed by atoms with Crippen LogP contribution in [0.15, 0.2) is 61.2 Å². The molecule has 4 rings (SSSR count). The van der Waals surface area contributed by atoms with Crippen LogP contribution in [0.25, 0.3) is 17.2 Å². The van der Waals surface area contributed by atoms with Gasteiger partial charge in [-0.2, -0.15) is 0 Å². The second kappa shape index (κ2) is 5.70. The van der Waals surface area contributed by atoms with E-state index < -0.39 is 5.78 Å². The van der Waals surface area contributed by atoms with Gasteiger partial charge in [0.05, 0.1) is 16.8 Å². The third kappa shape index (κ3) is 2.09. The number of hydrogen-bond acceptors (Lipinski definition) is 4. The monoisotopic (exact) mass is 341 g/mol. The molecule has 1 aliphatic rings. The highest BCUT2D eigenvalue weighted by atomic mass is 16.3. The molecule has 3 aromatic carbocycles. The van der Waals surface area contributed by atoms with Gasteiger partial charge in [0.1, 0.15) is 5.75 Å². The van der Waals surface area contributed by atoms with Crippen molar-refractivity contribution in [2.24, 2.45) is 0 Å². The normalized spacial score (nSPS) is 12.5. The second-order valence-electron chi connectivity index (χ2n) is 6.10.